The molecule has 1 aliphatic rings. The maximum absolute atomic E-state index is 12.7. The molecule has 0 N–H and O–H groups in total. The van der Waals surface area contributed by atoms with Crippen LogP contribution in [-0.4, -0.2) is 35.8 Å². The van der Waals surface area contributed by atoms with E-state index in [-0.39, 0.29) is 17.2 Å². The van der Waals surface area contributed by atoms with Crippen molar-refractivity contribution in [2.24, 2.45) is 5.41 Å². The van der Waals surface area contributed by atoms with Crippen LogP contribution in [0.25, 0.3) is 0 Å². The normalized spacial score (nSPS) is 19.2. The quantitative estimate of drug-likeness (QED) is 0.840. The summed E-state index contributed by atoms with van der Waals surface area (Å²) < 4.78 is 0. The standard InChI is InChI=1S/C19H28N2O2/c1-13-7-8-16(11-14(13)2)21-10-9-20(15(3)18(21)23)17(22)12-19(4,5)6/h7-8,11,15H,9-10,12H2,1-6H3/t15-/m1/s1. The summed E-state index contributed by atoms with van der Waals surface area (Å²) in [7, 11) is 0. The van der Waals surface area contributed by atoms with E-state index in [1.165, 1.54) is 11.1 Å². The molecule has 1 fully saturated rings. The van der Waals surface area contributed by atoms with Gasteiger partial charge in [-0.05, 0) is 49.4 Å². The summed E-state index contributed by atoms with van der Waals surface area (Å²) in [6, 6.07) is 5.67. The first-order valence-corrected chi connectivity index (χ1v) is 8.28. The minimum Gasteiger partial charge on any atom is -0.329 e. The zero-order valence-corrected chi connectivity index (χ0v) is 15.1. The fourth-order valence-corrected chi connectivity index (χ4v) is 2.92. The monoisotopic (exact) mass is 316 g/mol. The van der Waals surface area contributed by atoms with E-state index in [9.17, 15) is 9.59 Å². The van der Waals surface area contributed by atoms with Crippen molar-refractivity contribution in [1.82, 2.24) is 4.90 Å². The van der Waals surface area contributed by atoms with E-state index in [4.69, 9.17) is 0 Å². The fraction of sp³-hybridized carbons (Fsp3) is 0.579. The Hall–Kier alpha value is -1.84. The van der Waals surface area contributed by atoms with Crippen LogP contribution in [0.1, 0.15) is 45.2 Å². The summed E-state index contributed by atoms with van der Waals surface area (Å²) in [6.45, 7) is 13.2. The number of rotatable bonds is 2. The zero-order valence-electron chi connectivity index (χ0n) is 15.1. The summed E-state index contributed by atoms with van der Waals surface area (Å²) in [4.78, 5) is 28.7. The van der Waals surface area contributed by atoms with Gasteiger partial charge in [-0.3, -0.25) is 9.59 Å². The van der Waals surface area contributed by atoms with Crippen LogP contribution in [0.4, 0.5) is 5.69 Å². The average molecular weight is 316 g/mol. The summed E-state index contributed by atoms with van der Waals surface area (Å²) in [5, 5.41) is 0. The van der Waals surface area contributed by atoms with Gasteiger partial charge in [-0.2, -0.15) is 0 Å². The molecule has 4 nitrogen and oxygen atoms in total. The number of carbonyl (C=O) groups is 2. The molecule has 2 amide bonds. The van der Waals surface area contributed by atoms with Crippen LogP contribution in [0.15, 0.2) is 18.2 Å². The number of amides is 2. The SMILES string of the molecule is Cc1ccc(N2CCN(C(=O)CC(C)(C)C)[C@H](C)C2=O)cc1C. The number of benzene rings is 1. The van der Waals surface area contributed by atoms with E-state index >= 15 is 0 Å². The molecule has 0 radical (unpaired) electrons. The third-order valence-corrected chi connectivity index (χ3v) is 4.46. The highest BCUT2D eigenvalue weighted by Crippen LogP contribution is 2.25. The number of anilines is 1. The highest BCUT2D eigenvalue weighted by Gasteiger charge is 2.35. The van der Waals surface area contributed by atoms with Crippen LogP contribution in [-0.2, 0) is 9.59 Å². The minimum atomic E-state index is -0.403. The Bertz CT molecular complexity index is 616. The number of hydrogen-bond donors (Lipinski definition) is 0. The Morgan fingerprint density at radius 1 is 1.17 bits per heavy atom. The van der Waals surface area contributed by atoms with Crippen molar-refractivity contribution in [3.8, 4) is 0 Å². The lowest BCUT2D eigenvalue weighted by molar-refractivity contribution is -0.142. The average Bonchev–Trinajstić information content (AvgIpc) is 2.43. The Kier molecular flexibility index (Phi) is 4.83. The third-order valence-electron chi connectivity index (χ3n) is 4.46. The van der Waals surface area contributed by atoms with Gasteiger partial charge in [0.25, 0.3) is 0 Å². The highest BCUT2D eigenvalue weighted by molar-refractivity contribution is 6.00. The summed E-state index contributed by atoms with van der Waals surface area (Å²) in [5.41, 5.74) is 3.25. The Morgan fingerprint density at radius 2 is 1.83 bits per heavy atom. The van der Waals surface area contributed by atoms with E-state index in [0.717, 1.165) is 5.69 Å². The lowest BCUT2D eigenvalue weighted by Gasteiger charge is -2.40. The molecule has 0 bridgehead atoms. The van der Waals surface area contributed by atoms with Crippen molar-refractivity contribution in [3.05, 3.63) is 29.3 Å². The molecule has 126 valence electrons. The first-order valence-electron chi connectivity index (χ1n) is 8.28. The van der Waals surface area contributed by atoms with Crippen LogP contribution >= 0.6 is 0 Å². The van der Waals surface area contributed by atoms with E-state index < -0.39 is 6.04 Å². The number of nitrogens with zero attached hydrogens (tertiary/aromatic N) is 2. The van der Waals surface area contributed by atoms with Crippen molar-refractivity contribution in [2.45, 2.75) is 54.0 Å². The second-order valence-electron chi connectivity index (χ2n) is 7.76. The predicted molar refractivity (Wildman–Crippen MR) is 93.5 cm³/mol. The lowest BCUT2D eigenvalue weighted by atomic mass is 9.91. The summed E-state index contributed by atoms with van der Waals surface area (Å²) in [5.74, 6) is 0.0693. The van der Waals surface area contributed by atoms with Gasteiger partial charge in [-0.1, -0.05) is 26.8 Å². The van der Waals surface area contributed by atoms with Gasteiger partial charge in [0.15, 0.2) is 0 Å². The van der Waals surface area contributed by atoms with Crippen molar-refractivity contribution in [1.29, 1.82) is 0 Å². The molecule has 1 aromatic carbocycles. The van der Waals surface area contributed by atoms with Gasteiger partial charge in [-0.15, -0.1) is 0 Å². The Labute approximate surface area is 139 Å². The highest BCUT2D eigenvalue weighted by atomic mass is 16.2. The largest absolute Gasteiger partial charge is 0.329 e. The molecule has 4 heteroatoms. The minimum absolute atomic E-state index is 0.00163. The number of piperazine rings is 1. The summed E-state index contributed by atoms with van der Waals surface area (Å²) >= 11 is 0. The molecule has 1 atom stereocenters. The molecule has 0 spiro atoms. The van der Waals surface area contributed by atoms with Gasteiger partial charge in [0.1, 0.15) is 6.04 Å². The van der Waals surface area contributed by atoms with Gasteiger partial charge in [-0.25, -0.2) is 0 Å². The summed E-state index contributed by atoms with van der Waals surface area (Å²) in [6.07, 6.45) is 0.467. The Morgan fingerprint density at radius 3 is 2.39 bits per heavy atom. The van der Waals surface area contributed by atoms with E-state index in [0.29, 0.717) is 19.5 Å². The predicted octanol–water partition coefficient (Wildman–Crippen LogP) is 3.30. The maximum Gasteiger partial charge on any atom is 0.249 e. The second-order valence-corrected chi connectivity index (χ2v) is 7.76. The smallest absolute Gasteiger partial charge is 0.249 e. The third kappa shape index (κ3) is 3.92. The molecular formula is C19H28N2O2. The first-order chi connectivity index (χ1) is 10.6. The van der Waals surface area contributed by atoms with E-state index in [1.807, 2.05) is 45.9 Å². The van der Waals surface area contributed by atoms with Crippen LogP contribution < -0.4 is 4.90 Å². The van der Waals surface area contributed by atoms with Crippen LogP contribution in [0.2, 0.25) is 0 Å². The van der Waals surface area contributed by atoms with Crippen LogP contribution in [0.5, 0.6) is 0 Å². The molecule has 2 rings (SSSR count). The number of carbonyl (C=O) groups excluding carboxylic acids is 2. The van der Waals surface area contributed by atoms with Gasteiger partial charge in [0.2, 0.25) is 11.8 Å². The van der Waals surface area contributed by atoms with Crippen molar-refractivity contribution in [2.75, 3.05) is 18.0 Å². The number of aryl methyl sites for hydroxylation is 2. The van der Waals surface area contributed by atoms with Gasteiger partial charge < -0.3 is 9.80 Å². The molecule has 1 saturated heterocycles. The Balaban J connectivity index is 2.15. The number of hydrogen-bond acceptors (Lipinski definition) is 2. The van der Waals surface area contributed by atoms with Gasteiger partial charge in [0.05, 0.1) is 0 Å². The van der Waals surface area contributed by atoms with Crippen LogP contribution in [0, 0.1) is 19.3 Å². The fourth-order valence-electron chi connectivity index (χ4n) is 2.92. The maximum atomic E-state index is 12.7. The van der Waals surface area contributed by atoms with Crippen LogP contribution in [0.3, 0.4) is 0 Å². The second kappa shape index (κ2) is 6.34. The van der Waals surface area contributed by atoms with Crippen molar-refractivity contribution in [3.63, 3.8) is 0 Å². The van der Waals surface area contributed by atoms with Gasteiger partial charge in [0, 0.05) is 25.2 Å². The molecule has 1 aliphatic heterocycles. The van der Waals surface area contributed by atoms with E-state index in [1.54, 1.807) is 9.80 Å². The van der Waals surface area contributed by atoms with Gasteiger partial charge >= 0.3 is 0 Å². The molecular weight excluding hydrogens is 288 g/mol. The molecule has 0 aliphatic carbocycles. The first kappa shape index (κ1) is 17.5. The topological polar surface area (TPSA) is 40.6 Å². The molecule has 23 heavy (non-hydrogen) atoms. The molecule has 0 saturated carbocycles. The molecule has 1 heterocycles. The van der Waals surface area contributed by atoms with Crippen molar-refractivity contribution < 1.29 is 9.59 Å². The molecule has 0 unspecified atom stereocenters. The van der Waals surface area contributed by atoms with Crippen molar-refractivity contribution >= 4 is 17.5 Å². The van der Waals surface area contributed by atoms with E-state index in [2.05, 4.69) is 13.8 Å². The lowest BCUT2D eigenvalue weighted by Crippen LogP contribution is -2.58. The molecule has 1 aromatic rings. The zero-order chi connectivity index (χ0) is 17.4. The molecule has 0 aromatic heterocycles.